The molecule has 2 aromatic rings. The Labute approximate surface area is 254 Å². The minimum absolute atomic E-state index is 0.113. The molecule has 0 bridgehead atoms. The summed E-state index contributed by atoms with van der Waals surface area (Å²) in [6.45, 7) is 8.11. The molecule has 0 unspecified atom stereocenters. The highest BCUT2D eigenvalue weighted by atomic mass is 19.4. The molecule has 2 aliphatic rings. The van der Waals surface area contributed by atoms with E-state index < -0.39 is 17.6 Å². The van der Waals surface area contributed by atoms with E-state index in [9.17, 15) is 23.1 Å². The highest BCUT2D eigenvalue weighted by Gasteiger charge is 2.48. The van der Waals surface area contributed by atoms with Gasteiger partial charge in [0.15, 0.2) is 0 Å². The highest BCUT2D eigenvalue weighted by Crippen LogP contribution is 2.45. The lowest BCUT2D eigenvalue weighted by atomic mass is 9.67. The third-order valence-corrected chi connectivity index (χ3v) is 9.32. The summed E-state index contributed by atoms with van der Waals surface area (Å²) in [5.74, 6) is -0.324. The molecule has 4 rings (SSSR count). The van der Waals surface area contributed by atoms with Gasteiger partial charge >= 0.3 is 12.1 Å². The van der Waals surface area contributed by atoms with Crippen LogP contribution in [0.25, 0.3) is 5.57 Å². The first-order valence-electron chi connectivity index (χ1n) is 15.2. The fourth-order valence-corrected chi connectivity index (χ4v) is 6.66. The standard InChI is InChI=1S/C35H46F3NO4/c1-32(2,35(36,37)38)24-39(22-25-6-8-26(9-7-25)27-10-12-28(13-11-27)31(40)41)20-18-34(19-21-43-33(3,4)23-34)29-14-16-30(42-5)17-15-29/h6-10,14-17,28H,11-13,18-24H2,1-5H3,(H,40,41)/t28-,34+/m0/s1. The number of methoxy groups -OCH3 is 1. The largest absolute Gasteiger partial charge is 0.497 e. The lowest BCUT2D eigenvalue weighted by Gasteiger charge is -2.46. The van der Waals surface area contributed by atoms with Gasteiger partial charge in [-0.05, 0) is 107 Å². The fourth-order valence-electron chi connectivity index (χ4n) is 6.66. The minimum Gasteiger partial charge on any atom is -0.497 e. The third kappa shape index (κ3) is 8.21. The normalized spacial score (nSPS) is 22.7. The average molecular weight is 602 g/mol. The summed E-state index contributed by atoms with van der Waals surface area (Å²) in [7, 11) is 1.63. The van der Waals surface area contributed by atoms with E-state index in [2.05, 4.69) is 26.0 Å². The van der Waals surface area contributed by atoms with Crippen LogP contribution in [-0.2, 0) is 21.5 Å². The van der Waals surface area contributed by atoms with Crippen LogP contribution >= 0.6 is 0 Å². The molecular weight excluding hydrogens is 555 g/mol. The van der Waals surface area contributed by atoms with E-state index in [4.69, 9.17) is 9.47 Å². The van der Waals surface area contributed by atoms with E-state index in [1.54, 1.807) is 7.11 Å². The molecule has 0 amide bonds. The number of rotatable bonds is 11. The van der Waals surface area contributed by atoms with Crippen molar-refractivity contribution in [3.8, 4) is 5.75 Å². The zero-order valence-corrected chi connectivity index (χ0v) is 26.1. The van der Waals surface area contributed by atoms with Crippen molar-refractivity contribution in [3.63, 3.8) is 0 Å². The molecule has 1 fully saturated rings. The van der Waals surface area contributed by atoms with Crippen molar-refractivity contribution in [1.82, 2.24) is 4.90 Å². The number of ether oxygens (including phenoxy) is 2. The number of carboxylic acid groups (broad SMARTS) is 1. The second-order valence-corrected chi connectivity index (χ2v) is 13.6. The summed E-state index contributed by atoms with van der Waals surface area (Å²) < 4.78 is 53.7. The number of nitrogens with zero attached hydrogens (tertiary/aromatic N) is 1. The predicted octanol–water partition coefficient (Wildman–Crippen LogP) is 8.27. The van der Waals surface area contributed by atoms with Gasteiger partial charge in [0.1, 0.15) is 5.75 Å². The van der Waals surface area contributed by atoms with Crippen molar-refractivity contribution in [1.29, 1.82) is 0 Å². The molecule has 1 aliphatic carbocycles. The molecule has 1 saturated heterocycles. The first-order chi connectivity index (χ1) is 20.1. The van der Waals surface area contributed by atoms with Crippen molar-refractivity contribution in [3.05, 3.63) is 71.3 Å². The zero-order valence-electron chi connectivity index (χ0n) is 26.1. The summed E-state index contributed by atoms with van der Waals surface area (Å²) in [5, 5.41) is 9.29. The maximum atomic E-state index is 14.1. The molecule has 5 nitrogen and oxygen atoms in total. The minimum atomic E-state index is -4.33. The Kier molecular flexibility index (Phi) is 10.0. The van der Waals surface area contributed by atoms with Crippen molar-refractivity contribution >= 4 is 11.5 Å². The van der Waals surface area contributed by atoms with E-state index in [0.29, 0.717) is 45.4 Å². The van der Waals surface area contributed by atoms with Gasteiger partial charge in [-0.25, -0.2) is 0 Å². The summed E-state index contributed by atoms with van der Waals surface area (Å²) in [6, 6.07) is 16.1. The number of allylic oxidation sites excluding steroid dienone is 2. The Hall–Kier alpha value is -2.84. The van der Waals surface area contributed by atoms with Gasteiger partial charge in [0.2, 0.25) is 0 Å². The number of hydrogen-bond acceptors (Lipinski definition) is 4. The van der Waals surface area contributed by atoms with E-state index in [-0.39, 0.29) is 23.5 Å². The molecule has 2 atom stereocenters. The van der Waals surface area contributed by atoms with Gasteiger partial charge in [-0.2, -0.15) is 13.2 Å². The quantitative estimate of drug-likeness (QED) is 0.281. The van der Waals surface area contributed by atoms with Crippen LogP contribution in [0.1, 0.15) is 82.9 Å². The molecule has 0 spiro atoms. The van der Waals surface area contributed by atoms with E-state index in [1.165, 1.54) is 13.8 Å². The number of aliphatic carboxylic acids is 1. The van der Waals surface area contributed by atoms with Crippen LogP contribution in [0.5, 0.6) is 5.75 Å². The molecule has 236 valence electrons. The zero-order chi connectivity index (χ0) is 31.5. The van der Waals surface area contributed by atoms with Crippen LogP contribution in [0.15, 0.2) is 54.6 Å². The van der Waals surface area contributed by atoms with Crippen LogP contribution < -0.4 is 4.74 Å². The molecule has 2 aromatic carbocycles. The molecule has 1 heterocycles. The van der Waals surface area contributed by atoms with Gasteiger partial charge in [-0.3, -0.25) is 9.69 Å². The molecule has 0 radical (unpaired) electrons. The molecule has 43 heavy (non-hydrogen) atoms. The summed E-state index contributed by atoms with van der Waals surface area (Å²) >= 11 is 0. The first-order valence-corrected chi connectivity index (χ1v) is 15.2. The van der Waals surface area contributed by atoms with Crippen molar-refractivity contribution in [2.75, 3.05) is 26.8 Å². The van der Waals surface area contributed by atoms with Gasteiger partial charge < -0.3 is 14.6 Å². The van der Waals surface area contributed by atoms with Crippen LogP contribution in [0, 0.1) is 11.3 Å². The number of alkyl halides is 3. The van der Waals surface area contributed by atoms with E-state index in [0.717, 1.165) is 40.9 Å². The van der Waals surface area contributed by atoms with Crippen LogP contribution in [0.3, 0.4) is 0 Å². The number of carboxylic acids is 1. The number of hydrogen-bond donors (Lipinski definition) is 1. The number of halogens is 3. The smallest absolute Gasteiger partial charge is 0.395 e. The van der Waals surface area contributed by atoms with Gasteiger partial charge in [0.25, 0.3) is 0 Å². The maximum absolute atomic E-state index is 14.1. The Morgan fingerprint density at radius 1 is 1.09 bits per heavy atom. The number of carbonyl (C=O) groups is 1. The fraction of sp³-hybridized carbons (Fsp3) is 0.571. The summed E-state index contributed by atoms with van der Waals surface area (Å²) in [4.78, 5) is 13.3. The second kappa shape index (κ2) is 13.0. The SMILES string of the molecule is COc1ccc([C@]2(CCN(Cc3ccc(C4=CC[C@H](C(=O)O)CC4)cc3)CC(C)(C)C(F)(F)F)CCOC(C)(C)C2)cc1. The molecule has 0 aromatic heterocycles. The maximum Gasteiger partial charge on any atom is 0.395 e. The Balaban J connectivity index is 1.56. The van der Waals surface area contributed by atoms with Gasteiger partial charge in [-0.1, -0.05) is 42.5 Å². The molecular formula is C35H46F3NO4. The van der Waals surface area contributed by atoms with E-state index >= 15 is 0 Å². The predicted molar refractivity (Wildman–Crippen MR) is 163 cm³/mol. The Morgan fingerprint density at radius 3 is 2.30 bits per heavy atom. The lowest BCUT2D eigenvalue weighted by Crippen LogP contribution is -2.47. The summed E-state index contributed by atoms with van der Waals surface area (Å²) in [5.41, 5.74) is 1.83. The third-order valence-electron chi connectivity index (χ3n) is 9.32. The lowest BCUT2D eigenvalue weighted by molar-refractivity contribution is -0.217. The summed E-state index contributed by atoms with van der Waals surface area (Å²) in [6.07, 6.45) is 1.78. The molecule has 0 saturated carbocycles. The first kappa shape index (κ1) is 33.1. The topological polar surface area (TPSA) is 59.0 Å². The second-order valence-electron chi connectivity index (χ2n) is 13.6. The van der Waals surface area contributed by atoms with Gasteiger partial charge in [-0.15, -0.1) is 0 Å². The monoisotopic (exact) mass is 601 g/mol. The number of benzene rings is 2. The molecule has 1 aliphatic heterocycles. The van der Waals surface area contributed by atoms with E-state index in [1.807, 2.05) is 47.4 Å². The van der Waals surface area contributed by atoms with Crippen LogP contribution in [-0.4, -0.2) is 54.6 Å². The Bertz CT molecular complexity index is 1270. The van der Waals surface area contributed by atoms with Gasteiger partial charge in [0, 0.05) is 25.1 Å². The van der Waals surface area contributed by atoms with Gasteiger partial charge in [0.05, 0.1) is 24.0 Å². The van der Waals surface area contributed by atoms with Crippen molar-refractivity contribution < 1.29 is 32.5 Å². The Morgan fingerprint density at radius 2 is 1.77 bits per heavy atom. The molecule has 8 heteroatoms. The van der Waals surface area contributed by atoms with Crippen LogP contribution in [0.4, 0.5) is 13.2 Å². The molecule has 1 N–H and O–H groups in total. The van der Waals surface area contributed by atoms with Crippen molar-refractivity contribution in [2.45, 2.75) is 90.0 Å². The highest BCUT2D eigenvalue weighted by molar-refractivity contribution is 5.74. The van der Waals surface area contributed by atoms with Crippen molar-refractivity contribution in [2.24, 2.45) is 11.3 Å². The average Bonchev–Trinajstić information content (AvgIpc) is 2.95. The van der Waals surface area contributed by atoms with Crippen LogP contribution in [0.2, 0.25) is 0 Å².